The van der Waals surface area contributed by atoms with Gasteiger partial charge in [0.05, 0.1) is 23.5 Å². The number of hydrogen-bond donors (Lipinski definition) is 1. The number of aromatic nitrogens is 3. The fourth-order valence-corrected chi connectivity index (χ4v) is 3.63. The lowest BCUT2D eigenvalue weighted by Gasteiger charge is -2.34. The van der Waals surface area contributed by atoms with Gasteiger partial charge in [-0.1, -0.05) is 6.07 Å². The standard InChI is InChI=1S/C22H18N6O5/c23-11-17-21(33-20(25-17)18-2-1-9-31-18)28-7-5-27(6-8-28)19(29)13-32-22(30)14-3-4-15-12-24-26-16(15)10-14/h1-4,9-10,12H,5-8,13H2,(H,24,26). The number of amides is 1. The summed E-state index contributed by atoms with van der Waals surface area (Å²) in [5, 5.41) is 17.0. The average Bonchev–Trinajstić information content (AvgIpc) is 3.61. The van der Waals surface area contributed by atoms with Crippen LogP contribution in [-0.4, -0.2) is 64.7 Å². The summed E-state index contributed by atoms with van der Waals surface area (Å²) in [5.41, 5.74) is 1.21. The van der Waals surface area contributed by atoms with Crippen molar-refractivity contribution >= 4 is 28.7 Å². The lowest BCUT2D eigenvalue weighted by atomic mass is 10.2. The fraction of sp³-hybridized carbons (Fsp3) is 0.227. The van der Waals surface area contributed by atoms with Crippen molar-refractivity contribution in [2.45, 2.75) is 0 Å². The molecule has 0 bridgehead atoms. The maximum Gasteiger partial charge on any atom is 0.338 e. The number of hydrogen-bond acceptors (Lipinski definition) is 9. The molecule has 1 fully saturated rings. The van der Waals surface area contributed by atoms with E-state index < -0.39 is 5.97 Å². The molecule has 0 unspecified atom stereocenters. The highest BCUT2D eigenvalue weighted by molar-refractivity contribution is 5.95. The highest BCUT2D eigenvalue weighted by Crippen LogP contribution is 2.29. The number of furan rings is 1. The SMILES string of the molecule is N#Cc1nc(-c2ccco2)oc1N1CCN(C(=O)COC(=O)c2ccc3cn[nH]c3c2)CC1. The third-order valence-electron chi connectivity index (χ3n) is 5.37. The smallest absolute Gasteiger partial charge is 0.338 e. The number of oxazole rings is 1. The van der Waals surface area contributed by atoms with E-state index in [1.54, 1.807) is 41.4 Å². The molecular weight excluding hydrogens is 428 g/mol. The van der Waals surface area contributed by atoms with Crippen LogP contribution in [0.3, 0.4) is 0 Å². The third kappa shape index (κ3) is 4.01. The molecule has 4 aromatic rings. The number of rotatable bonds is 5. The molecule has 1 amide bonds. The molecule has 1 saturated heterocycles. The van der Waals surface area contributed by atoms with Crippen molar-refractivity contribution in [1.29, 1.82) is 5.26 Å². The van der Waals surface area contributed by atoms with Crippen LogP contribution >= 0.6 is 0 Å². The molecule has 1 aliphatic rings. The number of H-pyrrole nitrogens is 1. The molecule has 1 N–H and O–H groups in total. The first-order valence-electron chi connectivity index (χ1n) is 10.2. The number of aromatic amines is 1. The number of carbonyl (C=O) groups is 2. The van der Waals surface area contributed by atoms with Gasteiger partial charge in [-0.15, -0.1) is 0 Å². The summed E-state index contributed by atoms with van der Waals surface area (Å²) in [6.45, 7) is 1.31. The number of anilines is 1. The zero-order valence-corrected chi connectivity index (χ0v) is 17.4. The molecule has 11 heteroatoms. The predicted molar refractivity (Wildman–Crippen MR) is 114 cm³/mol. The van der Waals surface area contributed by atoms with Crippen LogP contribution in [0.25, 0.3) is 22.6 Å². The van der Waals surface area contributed by atoms with Gasteiger partial charge in [-0.3, -0.25) is 9.89 Å². The van der Waals surface area contributed by atoms with Crippen LogP contribution in [0.2, 0.25) is 0 Å². The highest BCUT2D eigenvalue weighted by atomic mass is 16.5. The second-order valence-corrected chi connectivity index (χ2v) is 7.38. The summed E-state index contributed by atoms with van der Waals surface area (Å²) in [6, 6.07) is 10.5. The van der Waals surface area contributed by atoms with E-state index in [0.29, 0.717) is 48.9 Å². The van der Waals surface area contributed by atoms with E-state index in [-0.39, 0.29) is 24.1 Å². The van der Waals surface area contributed by atoms with Gasteiger partial charge in [0.1, 0.15) is 6.07 Å². The van der Waals surface area contributed by atoms with Gasteiger partial charge in [0, 0.05) is 31.6 Å². The zero-order valence-electron chi connectivity index (χ0n) is 17.4. The molecule has 1 aromatic carbocycles. The number of nitrogens with one attached hydrogen (secondary N) is 1. The summed E-state index contributed by atoms with van der Waals surface area (Å²) in [6.07, 6.45) is 3.15. The number of piperazine rings is 1. The number of ether oxygens (including phenoxy) is 1. The first-order chi connectivity index (χ1) is 16.1. The van der Waals surface area contributed by atoms with Crippen LogP contribution in [0.4, 0.5) is 5.88 Å². The van der Waals surface area contributed by atoms with Gasteiger partial charge in [0.15, 0.2) is 12.4 Å². The van der Waals surface area contributed by atoms with Gasteiger partial charge in [-0.25, -0.2) is 4.79 Å². The Kier molecular flexibility index (Phi) is 5.24. The summed E-state index contributed by atoms with van der Waals surface area (Å²) < 4.78 is 16.2. The maximum absolute atomic E-state index is 12.5. The minimum Gasteiger partial charge on any atom is -0.459 e. The van der Waals surface area contributed by atoms with Gasteiger partial charge < -0.3 is 23.4 Å². The monoisotopic (exact) mass is 446 g/mol. The number of esters is 1. The minimum absolute atomic E-state index is 0.157. The van der Waals surface area contributed by atoms with E-state index in [4.69, 9.17) is 13.6 Å². The van der Waals surface area contributed by atoms with E-state index >= 15 is 0 Å². The van der Waals surface area contributed by atoms with Crippen molar-refractivity contribution in [3.05, 3.63) is 54.0 Å². The zero-order chi connectivity index (χ0) is 22.8. The predicted octanol–water partition coefficient (Wildman–Crippen LogP) is 2.19. The lowest BCUT2D eigenvalue weighted by molar-refractivity contribution is -0.134. The van der Waals surface area contributed by atoms with Crippen LogP contribution < -0.4 is 4.90 Å². The number of nitrogens with zero attached hydrogens (tertiary/aromatic N) is 5. The highest BCUT2D eigenvalue weighted by Gasteiger charge is 2.27. The molecule has 0 radical (unpaired) electrons. The summed E-state index contributed by atoms with van der Waals surface area (Å²) >= 11 is 0. The van der Waals surface area contributed by atoms with Crippen molar-refractivity contribution in [2.24, 2.45) is 0 Å². The first-order valence-corrected chi connectivity index (χ1v) is 10.2. The van der Waals surface area contributed by atoms with Crippen molar-refractivity contribution < 1.29 is 23.2 Å². The molecular formula is C22H18N6O5. The summed E-state index contributed by atoms with van der Waals surface area (Å²) in [4.78, 5) is 32.5. The number of fused-ring (bicyclic) bond motifs is 1. The van der Waals surface area contributed by atoms with Crippen molar-refractivity contribution in [2.75, 3.05) is 37.7 Å². The van der Waals surface area contributed by atoms with Crippen LogP contribution in [0, 0.1) is 11.3 Å². The van der Waals surface area contributed by atoms with Crippen molar-refractivity contribution in [3.8, 4) is 17.7 Å². The molecule has 0 atom stereocenters. The molecule has 4 heterocycles. The van der Waals surface area contributed by atoms with Crippen molar-refractivity contribution in [3.63, 3.8) is 0 Å². The molecule has 166 valence electrons. The molecule has 0 spiro atoms. The molecule has 3 aromatic heterocycles. The van der Waals surface area contributed by atoms with Crippen molar-refractivity contribution in [1.82, 2.24) is 20.1 Å². The Bertz CT molecular complexity index is 1340. The minimum atomic E-state index is -0.579. The fourth-order valence-electron chi connectivity index (χ4n) is 3.63. The summed E-state index contributed by atoms with van der Waals surface area (Å²) in [7, 11) is 0. The average molecular weight is 446 g/mol. The topological polar surface area (TPSA) is 141 Å². The maximum atomic E-state index is 12.5. The second kappa shape index (κ2) is 8.51. The van der Waals surface area contributed by atoms with Crippen LogP contribution in [-0.2, 0) is 9.53 Å². The lowest BCUT2D eigenvalue weighted by Crippen LogP contribution is -2.50. The molecule has 1 aliphatic heterocycles. The van der Waals surface area contributed by atoms with Crippen LogP contribution in [0.15, 0.2) is 51.6 Å². The van der Waals surface area contributed by atoms with Gasteiger partial charge >= 0.3 is 5.97 Å². The molecule has 5 rings (SSSR count). The van der Waals surface area contributed by atoms with Gasteiger partial charge in [0.2, 0.25) is 11.6 Å². The number of benzene rings is 1. The largest absolute Gasteiger partial charge is 0.459 e. The Hall–Kier alpha value is -4.59. The Morgan fingerprint density at radius 2 is 2.06 bits per heavy atom. The second-order valence-electron chi connectivity index (χ2n) is 7.38. The normalized spacial score (nSPS) is 13.8. The van der Waals surface area contributed by atoms with E-state index in [1.165, 1.54) is 6.26 Å². The number of nitriles is 1. The van der Waals surface area contributed by atoms with Crippen LogP contribution in [0.5, 0.6) is 0 Å². The van der Waals surface area contributed by atoms with E-state index in [9.17, 15) is 14.9 Å². The molecule has 0 saturated carbocycles. The molecule has 33 heavy (non-hydrogen) atoms. The molecule has 0 aliphatic carbocycles. The molecule has 11 nitrogen and oxygen atoms in total. The van der Waals surface area contributed by atoms with Crippen LogP contribution in [0.1, 0.15) is 16.1 Å². The van der Waals surface area contributed by atoms with E-state index in [0.717, 1.165) is 5.39 Å². The Labute approximate surface area is 187 Å². The third-order valence-corrected chi connectivity index (χ3v) is 5.37. The first kappa shape index (κ1) is 20.3. The van der Waals surface area contributed by atoms with Gasteiger partial charge in [0.25, 0.3) is 11.8 Å². The Morgan fingerprint density at radius 3 is 2.82 bits per heavy atom. The Balaban J connectivity index is 1.17. The summed E-state index contributed by atoms with van der Waals surface area (Å²) in [5.74, 6) is 0.131. The van der Waals surface area contributed by atoms with Gasteiger partial charge in [-0.05, 0) is 24.3 Å². The Morgan fingerprint density at radius 1 is 1.21 bits per heavy atom. The quantitative estimate of drug-likeness (QED) is 0.457. The van der Waals surface area contributed by atoms with E-state index in [2.05, 4.69) is 15.2 Å². The number of carbonyl (C=O) groups excluding carboxylic acids is 2. The van der Waals surface area contributed by atoms with E-state index in [1.807, 2.05) is 11.0 Å². The van der Waals surface area contributed by atoms with Gasteiger partial charge in [-0.2, -0.15) is 15.3 Å².